The number of likely N-dealkylation sites (tertiary alicyclic amines) is 2. The van der Waals surface area contributed by atoms with E-state index in [0.29, 0.717) is 44.3 Å². The third-order valence-corrected chi connectivity index (χ3v) is 12.6. The van der Waals surface area contributed by atoms with Gasteiger partial charge in [-0.05, 0) is 76.5 Å². The van der Waals surface area contributed by atoms with Crippen molar-refractivity contribution >= 4 is 59.2 Å². The van der Waals surface area contributed by atoms with Gasteiger partial charge in [0.25, 0.3) is 0 Å². The first-order valence-corrected chi connectivity index (χ1v) is 25.1. The molecule has 2 saturated heterocycles. The molecule has 0 unspecified atom stereocenters. The maximum Gasteiger partial charge on any atom is 0.303 e. The Hall–Kier alpha value is -6.37. The molecule has 25 nitrogen and oxygen atoms in total. The predicted octanol–water partition coefficient (Wildman–Crippen LogP) is -2.01. The summed E-state index contributed by atoms with van der Waals surface area (Å²) in [5.41, 5.74) is 17.6. The number of aliphatic imine (C=N–C) groups is 1. The zero-order valence-corrected chi connectivity index (χ0v) is 42.6. The molecule has 0 aromatic carbocycles. The van der Waals surface area contributed by atoms with Crippen molar-refractivity contribution in [2.24, 2.45) is 34.0 Å². The molecule has 1 aromatic heterocycles. The summed E-state index contributed by atoms with van der Waals surface area (Å²) in [5.74, 6) is -7.12. The Bertz CT molecular complexity index is 2010. The van der Waals surface area contributed by atoms with Gasteiger partial charge in [-0.25, -0.2) is 4.98 Å². The molecule has 1 aromatic rings. The average Bonchev–Trinajstić information content (AvgIpc) is 4.14. The zero-order valence-electron chi connectivity index (χ0n) is 42.6. The van der Waals surface area contributed by atoms with Crippen LogP contribution in [-0.4, -0.2) is 170 Å². The quantitative estimate of drug-likeness (QED) is 0.0225. The molecule has 25 heteroatoms. The summed E-state index contributed by atoms with van der Waals surface area (Å²) < 4.78 is 0. The van der Waals surface area contributed by atoms with Gasteiger partial charge >= 0.3 is 5.97 Å². The van der Waals surface area contributed by atoms with Crippen molar-refractivity contribution in [1.29, 1.82) is 0 Å². The number of hydrogen-bond acceptors (Lipinski definition) is 13. The van der Waals surface area contributed by atoms with Crippen LogP contribution in [0.25, 0.3) is 0 Å². The number of unbranched alkanes of at least 4 members (excludes halogenated alkanes) is 1. The molecule has 72 heavy (non-hydrogen) atoms. The molecule has 2 aliphatic rings. The van der Waals surface area contributed by atoms with Gasteiger partial charge in [0.2, 0.25) is 47.3 Å². The molecule has 0 aliphatic carbocycles. The van der Waals surface area contributed by atoms with Crippen LogP contribution in [0.15, 0.2) is 17.5 Å². The van der Waals surface area contributed by atoms with Gasteiger partial charge < -0.3 is 74.1 Å². The number of aromatic amines is 1. The van der Waals surface area contributed by atoms with Crippen LogP contribution in [-0.2, 0) is 49.6 Å². The van der Waals surface area contributed by atoms with Crippen molar-refractivity contribution in [2.45, 2.75) is 179 Å². The fourth-order valence-corrected chi connectivity index (χ4v) is 8.64. The molecular weight excluding hydrogens is 937 g/mol. The lowest BCUT2D eigenvalue weighted by Crippen LogP contribution is -2.61. The number of aromatic nitrogens is 2. The molecule has 15 N–H and O–H groups in total. The Morgan fingerprint density at radius 1 is 0.750 bits per heavy atom. The van der Waals surface area contributed by atoms with Crippen LogP contribution in [0.3, 0.4) is 0 Å². The summed E-state index contributed by atoms with van der Waals surface area (Å²) in [4.78, 5) is 135. The standard InChI is InChI=1S/C47H80N14O11/c1-7-8-12-30(48)45(71)60-19-10-15-36(60)44(70)57-32(21-26(2)3)40(66)56-33(22-29-23-51-25-53-29)41(67)58-34(24-62)42(68)55-31(13-9-18-52-47(49)50)39(65)59-38(27(4)5)46(72)61-20-11-14-35(61)43(69)54-28(6)16-17-37(63)64/h23,25-28,30-36,38,62H,7-22,24,48H2,1-6H3,(H,51,53)(H,54,69)(H,55,68)(H,56,66)(H,57,70)(H,58,67)(H,59,65)(H,63,64)(H4,49,50,52)/t28-,30-,31-,32-,33-,34-,35-,36-,38-/m0/s1. The number of nitrogens with zero attached hydrogens (tertiary/aromatic N) is 4. The van der Waals surface area contributed by atoms with E-state index >= 15 is 0 Å². The number of amides is 8. The number of aliphatic carboxylic acids is 1. The zero-order chi connectivity index (χ0) is 53.7. The van der Waals surface area contributed by atoms with Crippen LogP contribution in [0.1, 0.15) is 124 Å². The van der Waals surface area contributed by atoms with Crippen LogP contribution >= 0.6 is 0 Å². The molecule has 2 aliphatic heterocycles. The van der Waals surface area contributed by atoms with Gasteiger partial charge in [-0.3, -0.25) is 48.1 Å². The van der Waals surface area contributed by atoms with E-state index in [0.717, 1.165) is 12.8 Å². The monoisotopic (exact) mass is 1020 g/mol. The number of aliphatic hydroxyl groups is 1. The van der Waals surface area contributed by atoms with Gasteiger partial charge in [0.15, 0.2) is 5.96 Å². The second-order valence-electron chi connectivity index (χ2n) is 19.5. The summed E-state index contributed by atoms with van der Waals surface area (Å²) in [6, 6.07) is -9.69. The molecule has 8 amide bonds. The van der Waals surface area contributed by atoms with E-state index in [4.69, 9.17) is 22.3 Å². The van der Waals surface area contributed by atoms with E-state index < -0.39 is 114 Å². The number of hydrogen-bond donors (Lipinski definition) is 12. The second kappa shape index (κ2) is 29.8. The largest absolute Gasteiger partial charge is 0.481 e. The highest BCUT2D eigenvalue weighted by atomic mass is 16.4. The number of carboxylic acid groups (broad SMARTS) is 1. The summed E-state index contributed by atoms with van der Waals surface area (Å²) in [6.07, 6.45) is 6.78. The Labute approximate surface area is 421 Å². The first kappa shape index (κ1) is 59.9. The number of carbonyl (C=O) groups excluding carboxylic acids is 8. The third kappa shape index (κ3) is 19.0. The molecule has 0 saturated carbocycles. The van der Waals surface area contributed by atoms with Crippen molar-refractivity contribution in [3.05, 3.63) is 18.2 Å². The summed E-state index contributed by atoms with van der Waals surface area (Å²) in [6.45, 7) is 10.4. The average molecular weight is 1020 g/mol. The molecule has 404 valence electrons. The van der Waals surface area contributed by atoms with E-state index in [1.165, 1.54) is 22.3 Å². The van der Waals surface area contributed by atoms with Crippen LogP contribution in [0.2, 0.25) is 0 Å². The first-order chi connectivity index (χ1) is 34.1. The maximum atomic E-state index is 14.1. The van der Waals surface area contributed by atoms with Gasteiger partial charge in [0, 0.05) is 50.4 Å². The summed E-state index contributed by atoms with van der Waals surface area (Å²) in [5, 5.41) is 35.6. The van der Waals surface area contributed by atoms with Crippen LogP contribution in [0.5, 0.6) is 0 Å². The lowest BCUT2D eigenvalue weighted by molar-refractivity contribution is -0.143. The second-order valence-corrected chi connectivity index (χ2v) is 19.5. The number of imidazole rings is 1. The molecule has 9 atom stereocenters. The fourth-order valence-electron chi connectivity index (χ4n) is 8.64. The molecule has 0 radical (unpaired) electrons. The number of carboxylic acids is 1. The normalized spacial score (nSPS) is 18.5. The first-order valence-electron chi connectivity index (χ1n) is 25.1. The number of guanidine groups is 1. The van der Waals surface area contributed by atoms with Crippen molar-refractivity contribution in [3.8, 4) is 0 Å². The minimum Gasteiger partial charge on any atom is -0.481 e. The van der Waals surface area contributed by atoms with E-state index in [1.54, 1.807) is 20.8 Å². The Balaban J connectivity index is 1.81. The highest BCUT2D eigenvalue weighted by Crippen LogP contribution is 2.22. The maximum absolute atomic E-state index is 14.1. The number of rotatable bonds is 30. The van der Waals surface area contributed by atoms with Crippen molar-refractivity contribution < 1.29 is 53.4 Å². The fraction of sp³-hybridized carbons (Fsp3) is 0.723. The minimum absolute atomic E-state index is 0.0572. The smallest absolute Gasteiger partial charge is 0.303 e. The molecule has 0 bridgehead atoms. The van der Waals surface area contributed by atoms with Crippen LogP contribution in [0, 0.1) is 11.8 Å². The Morgan fingerprint density at radius 2 is 1.32 bits per heavy atom. The number of H-pyrrole nitrogens is 1. The van der Waals surface area contributed by atoms with Crippen molar-refractivity contribution in [1.82, 2.24) is 51.7 Å². The van der Waals surface area contributed by atoms with E-state index in [1.807, 2.05) is 20.8 Å². The Morgan fingerprint density at radius 3 is 1.88 bits per heavy atom. The van der Waals surface area contributed by atoms with Gasteiger partial charge in [0.05, 0.1) is 19.0 Å². The molecule has 2 fully saturated rings. The topological polar surface area (TPSA) is 392 Å². The number of nitrogens with two attached hydrogens (primary N) is 3. The van der Waals surface area contributed by atoms with E-state index in [9.17, 15) is 48.3 Å². The van der Waals surface area contributed by atoms with Gasteiger partial charge in [-0.2, -0.15) is 0 Å². The van der Waals surface area contributed by atoms with Gasteiger partial charge in [0.1, 0.15) is 42.3 Å². The summed E-state index contributed by atoms with van der Waals surface area (Å²) >= 11 is 0. The summed E-state index contributed by atoms with van der Waals surface area (Å²) in [7, 11) is 0. The predicted molar refractivity (Wildman–Crippen MR) is 265 cm³/mol. The van der Waals surface area contributed by atoms with Crippen molar-refractivity contribution in [3.63, 3.8) is 0 Å². The number of carbonyl (C=O) groups is 9. The van der Waals surface area contributed by atoms with E-state index in [2.05, 4.69) is 46.9 Å². The molecular formula is C47H80N14O11. The van der Waals surface area contributed by atoms with Gasteiger partial charge in [-0.15, -0.1) is 0 Å². The Kier molecular flexibility index (Phi) is 24.8. The van der Waals surface area contributed by atoms with Crippen molar-refractivity contribution in [2.75, 3.05) is 26.2 Å². The molecule has 0 spiro atoms. The van der Waals surface area contributed by atoms with E-state index in [-0.39, 0.29) is 69.4 Å². The lowest BCUT2D eigenvalue weighted by atomic mass is 10.0. The van der Waals surface area contributed by atoms with Crippen LogP contribution in [0.4, 0.5) is 0 Å². The molecule has 3 rings (SSSR count). The highest BCUT2D eigenvalue weighted by molar-refractivity contribution is 5.98. The molecule has 3 heterocycles. The number of aliphatic hydroxyl groups excluding tert-OH is 1. The lowest BCUT2D eigenvalue weighted by Gasteiger charge is -2.32. The number of nitrogens with one attached hydrogen (secondary N) is 7. The third-order valence-electron chi connectivity index (χ3n) is 12.6. The minimum atomic E-state index is -1.67. The van der Waals surface area contributed by atoms with Crippen LogP contribution < -0.4 is 49.1 Å². The highest BCUT2D eigenvalue weighted by Gasteiger charge is 2.41. The van der Waals surface area contributed by atoms with Gasteiger partial charge in [-0.1, -0.05) is 47.5 Å². The SMILES string of the molecule is CCCC[C@H](N)C(=O)N1CCC[C@H]1C(=O)N[C@@H](CC(C)C)C(=O)N[C@@H](Cc1cnc[nH]1)C(=O)N[C@@H](CO)C(=O)N[C@@H](CCCN=C(N)N)C(=O)N[C@H](C(=O)N1CCC[C@H]1C(=O)N[C@@H](C)CCC(=O)O)C(C)C.